The molecule has 0 saturated heterocycles. The van der Waals surface area contributed by atoms with Crippen LogP contribution in [0.4, 0.5) is 18.9 Å². The van der Waals surface area contributed by atoms with Crippen molar-refractivity contribution in [1.29, 1.82) is 0 Å². The summed E-state index contributed by atoms with van der Waals surface area (Å²) in [6, 6.07) is 4.87. The number of guanidine groups is 1. The van der Waals surface area contributed by atoms with Crippen LogP contribution in [0.2, 0.25) is 0 Å². The summed E-state index contributed by atoms with van der Waals surface area (Å²) in [5.41, 5.74) is 5.92. The molecule has 0 unspecified atom stereocenters. The van der Waals surface area contributed by atoms with E-state index in [9.17, 15) is 18.0 Å². The minimum absolute atomic E-state index is 0.0691. The standard InChI is InChI=1S/C13H13F3N4O2/c1-2-7-18-11(21)8-19-12(17)20-9-3-5-10(6-4-9)22-13(14,15)16/h1,3-6H,7-8H2,(H,18,21)(H3,17,19,20). The Hall–Kier alpha value is -2.89. The lowest BCUT2D eigenvalue weighted by molar-refractivity contribution is -0.274. The number of hydrogen-bond donors (Lipinski definition) is 3. The van der Waals surface area contributed by atoms with Gasteiger partial charge in [0.2, 0.25) is 5.91 Å². The molecule has 22 heavy (non-hydrogen) atoms. The fourth-order valence-corrected chi connectivity index (χ4v) is 1.29. The van der Waals surface area contributed by atoms with E-state index in [1.165, 1.54) is 12.1 Å². The number of aliphatic imine (C=N–C) groups is 1. The van der Waals surface area contributed by atoms with Crippen LogP contribution in [0, 0.1) is 12.3 Å². The number of hydrogen-bond acceptors (Lipinski definition) is 3. The summed E-state index contributed by atoms with van der Waals surface area (Å²) in [6.07, 6.45) is 0.218. The van der Waals surface area contributed by atoms with E-state index in [4.69, 9.17) is 12.2 Å². The van der Waals surface area contributed by atoms with E-state index in [-0.39, 0.29) is 24.8 Å². The van der Waals surface area contributed by atoms with Gasteiger partial charge in [0.1, 0.15) is 12.3 Å². The van der Waals surface area contributed by atoms with Gasteiger partial charge < -0.3 is 21.1 Å². The van der Waals surface area contributed by atoms with Gasteiger partial charge >= 0.3 is 6.36 Å². The van der Waals surface area contributed by atoms with Gasteiger partial charge in [-0.2, -0.15) is 0 Å². The smallest absolute Gasteiger partial charge is 0.406 e. The maximum absolute atomic E-state index is 12.0. The minimum atomic E-state index is -4.75. The zero-order valence-electron chi connectivity index (χ0n) is 11.3. The summed E-state index contributed by atoms with van der Waals surface area (Å²) in [4.78, 5) is 15.0. The molecule has 0 aliphatic rings. The van der Waals surface area contributed by atoms with Gasteiger partial charge in [0.25, 0.3) is 0 Å². The highest BCUT2D eigenvalue weighted by Crippen LogP contribution is 2.23. The van der Waals surface area contributed by atoms with Crippen molar-refractivity contribution in [2.75, 3.05) is 18.4 Å². The topological polar surface area (TPSA) is 88.7 Å². The molecule has 4 N–H and O–H groups in total. The van der Waals surface area contributed by atoms with Gasteiger partial charge in [-0.15, -0.1) is 19.6 Å². The van der Waals surface area contributed by atoms with Gasteiger partial charge in [0.05, 0.1) is 6.54 Å². The number of anilines is 1. The molecule has 0 radical (unpaired) electrons. The number of alkyl halides is 3. The van der Waals surface area contributed by atoms with Crippen molar-refractivity contribution < 1.29 is 22.7 Å². The van der Waals surface area contributed by atoms with E-state index in [0.29, 0.717) is 5.69 Å². The molecule has 0 atom stereocenters. The lowest BCUT2D eigenvalue weighted by Crippen LogP contribution is -2.29. The summed E-state index contributed by atoms with van der Waals surface area (Å²) < 4.78 is 39.7. The van der Waals surface area contributed by atoms with Crippen LogP contribution < -0.4 is 21.1 Å². The predicted molar refractivity (Wildman–Crippen MR) is 75.1 cm³/mol. The van der Waals surface area contributed by atoms with Crippen LogP contribution in [0.15, 0.2) is 29.3 Å². The molecule has 0 heterocycles. The van der Waals surface area contributed by atoms with Gasteiger partial charge in [0, 0.05) is 5.69 Å². The number of terminal acetylenes is 1. The Morgan fingerprint density at radius 3 is 2.55 bits per heavy atom. The van der Waals surface area contributed by atoms with Crippen LogP contribution >= 0.6 is 0 Å². The van der Waals surface area contributed by atoms with E-state index in [0.717, 1.165) is 12.1 Å². The Morgan fingerprint density at radius 2 is 2.00 bits per heavy atom. The largest absolute Gasteiger partial charge is 0.573 e. The molecule has 1 aromatic rings. The first-order valence-corrected chi connectivity index (χ1v) is 5.93. The van der Waals surface area contributed by atoms with Crippen molar-refractivity contribution in [2.45, 2.75) is 6.36 Å². The molecule has 1 rings (SSSR count). The lowest BCUT2D eigenvalue weighted by Gasteiger charge is -2.10. The highest BCUT2D eigenvalue weighted by atomic mass is 19.4. The van der Waals surface area contributed by atoms with Crippen molar-refractivity contribution in [3.8, 4) is 18.1 Å². The monoisotopic (exact) mass is 314 g/mol. The van der Waals surface area contributed by atoms with E-state index in [1.54, 1.807) is 0 Å². The molecule has 0 aliphatic carbocycles. The van der Waals surface area contributed by atoms with Gasteiger partial charge in [-0.05, 0) is 24.3 Å². The molecule has 9 heteroatoms. The van der Waals surface area contributed by atoms with Crippen molar-refractivity contribution >= 4 is 17.6 Å². The first-order chi connectivity index (χ1) is 10.3. The molecule has 0 saturated carbocycles. The number of nitrogens with two attached hydrogens (primary N) is 1. The highest BCUT2D eigenvalue weighted by molar-refractivity contribution is 5.93. The van der Waals surface area contributed by atoms with Gasteiger partial charge in [-0.25, -0.2) is 4.99 Å². The summed E-state index contributed by atoms with van der Waals surface area (Å²) in [5, 5.41) is 5.01. The van der Waals surface area contributed by atoms with Crippen LogP contribution in [0.25, 0.3) is 0 Å². The van der Waals surface area contributed by atoms with E-state index >= 15 is 0 Å². The highest BCUT2D eigenvalue weighted by Gasteiger charge is 2.30. The summed E-state index contributed by atoms with van der Waals surface area (Å²) in [7, 11) is 0. The van der Waals surface area contributed by atoms with E-state index in [2.05, 4.69) is 26.3 Å². The number of amides is 1. The maximum atomic E-state index is 12.0. The molecule has 0 aromatic heterocycles. The average Bonchev–Trinajstić information content (AvgIpc) is 2.43. The van der Waals surface area contributed by atoms with Crippen LogP contribution in [0.3, 0.4) is 0 Å². The predicted octanol–water partition coefficient (Wildman–Crippen LogP) is 1.06. The van der Waals surface area contributed by atoms with Gasteiger partial charge in [-0.3, -0.25) is 4.79 Å². The Morgan fingerprint density at radius 1 is 1.36 bits per heavy atom. The Bertz CT molecular complexity index is 576. The number of carbonyl (C=O) groups excluding carboxylic acids is 1. The fourth-order valence-electron chi connectivity index (χ4n) is 1.29. The molecule has 1 amide bonds. The molecule has 0 fully saturated rings. The number of nitrogens with zero attached hydrogens (tertiary/aromatic N) is 1. The van der Waals surface area contributed by atoms with Crippen LogP contribution in [0.1, 0.15) is 0 Å². The Labute approximate surface area is 124 Å². The van der Waals surface area contributed by atoms with Crippen molar-refractivity contribution in [1.82, 2.24) is 5.32 Å². The molecular weight excluding hydrogens is 301 g/mol. The molecule has 118 valence electrons. The fraction of sp³-hybridized carbons (Fsp3) is 0.231. The van der Waals surface area contributed by atoms with Gasteiger partial charge in [0.15, 0.2) is 5.96 Å². The van der Waals surface area contributed by atoms with Crippen LogP contribution in [0.5, 0.6) is 5.75 Å². The number of nitrogens with one attached hydrogen (secondary N) is 2. The second kappa shape index (κ2) is 7.78. The maximum Gasteiger partial charge on any atom is 0.573 e. The lowest BCUT2D eigenvalue weighted by atomic mass is 10.3. The second-order valence-corrected chi connectivity index (χ2v) is 3.88. The zero-order chi connectivity index (χ0) is 16.6. The first kappa shape index (κ1) is 17.2. The molecule has 1 aromatic carbocycles. The Balaban J connectivity index is 2.52. The number of ether oxygens (including phenoxy) is 1. The quantitative estimate of drug-likeness (QED) is 0.431. The van der Waals surface area contributed by atoms with Crippen LogP contribution in [-0.4, -0.2) is 31.3 Å². The zero-order valence-corrected chi connectivity index (χ0v) is 11.3. The van der Waals surface area contributed by atoms with Crippen LogP contribution in [-0.2, 0) is 4.79 Å². The third-order valence-corrected chi connectivity index (χ3v) is 2.14. The summed E-state index contributed by atoms with van der Waals surface area (Å²) in [6.45, 7) is -0.141. The molecule has 0 bridgehead atoms. The van der Waals surface area contributed by atoms with Crippen molar-refractivity contribution in [3.05, 3.63) is 24.3 Å². The van der Waals surface area contributed by atoms with E-state index < -0.39 is 12.3 Å². The SMILES string of the molecule is C#CCNC(=O)CN=C(N)Nc1ccc(OC(F)(F)F)cc1. The average molecular weight is 314 g/mol. The van der Waals surface area contributed by atoms with Crippen molar-refractivity contribution in [3.63, 3.8) is 0 Å². The summed E-state index contributed by atoms with van der Waals surface area (Å²) >= 11 is 0. The number of halogens is 3. The Kier molecular flexibility index (Phi) is 6.07. The third kappa shape index (κ3) is 7.04. The molecule has 6 nitrogen and oxygen atoms in total. The number of carbonyl (C=O) groups is 1. The van der Waals surface area contributed by atoms with Crippen molar-refractivity contribution in [2.24, 2.45) is 10.7 Å². The first-order valence-electron chi connectivity index (χ1n) is 5.93. The molecular formula is C13H13F3N4O2. The third-order valence-electron chi connectivity index (χ3n) is 2.14. The second-order valence-electron chi connectivity index (χ2n) is 3.88. The normalized spacial score (nSPS) is 11.5. The van der Waals surface area contributed by atoms with E-state index in [1.807, 2.05) is 0 Å². The minimum Gasteiger partial charge on any atom is -0.406 e. The number of benzene rings is 1. The summed E-state index contributed by atoms with van der Waals surface area (Å²) in [5.74, 6) is 1.39. The molecule has 0 aliphatic heterocycles. The van der Waals surface area contributed by atoms with Gasteiger partial charge in [-0.1, -0.05) is 5.92 Å². The molecule has 0 spiro atoms. The number of rotatable bonds is 5.